The van der Waals surface area contributed by atoms with Crippen molar-refractivity contribution >= 4 is 34.8 Å². The van der Waals surface area contributed by atoms with Crippen molar-refractivity contribution < 1.29 is 4.79 Å². The predicted octanol–water partition coefficient (Wildman–Crippen LogP) is 5.14. The molecule has 0 saturated heterocycles. The maximum atomic E-state index is 13.0. The summed E-state index contributed by atoms with van der Waals surface area (Å²) in [5, 5.41) is 13.0. The van der Waals surface area contributed by atoms with Gasteiger partial charge >= 0.3 is 0 Å². The molecule has 1 heterocycles. The van der Waals surface area contributed by atoms with Gasteiger partial charge in [0.2, 0.25) is 5.91 Å². The van der Waals surface area contributed by atoms with E-state index < -0.39 is 5.41 Å². The van der Waals surface area contributed by atoms with Crippen molar-refractivity contribution in [3.05, 3.63) is 64.4 Å². The molecule has 0 unspecified atom stereocenters. The van der Waals surface area contributed by atoms with E-state index in [1.165, 1.54) is 0 Å². The minimum Gasteiger partial charge on any atom is -0.326 e. The quantitative estimate of drug-likeness (QED) is 0.628. The Balaban J connectivity index is 1.56. The zero-order valence-electron chi connectivity index (χ0n) is 15.5. The number of amides is 1. The molecule has 2 aromatic carbocycles. The number of carbonyl (C=O) groups is 1. The maximum Gasteiger partial charge on any atom is 0.231 e. The molecule has 0 radical (unpaired) electrons. The molecule has 0 atom stereocenters. The summed E-state index contributed by atoms with van der Waals surface area (Å²) in [6, 6.07) is 14.7. The van der Waals surface area contributed by atoms with Gasteiger partial charge in [0.25, 0.3) is 0 Å². The SMILES string of the molecule is Cn1c(CC2(C(=O)Nc3ccc(Cl)cc3)CCC2)nnc1-c1ccccc1Cl. The molecule has 1 aliphatic rings. The fourth-order valence-corrected chi connectivity index (χ4v) is 3.93. The molecule has 1 saturated carbocycles. The Kier molecular flexibility index (Phi) is 5.13. The molecule has 1 N–H and O–H groups in total. The lowest BCUT2D eigenvalue weighted by Crippen LogP contribution is -2.44. The van der Waals surface area contributed by atoms with Gasteiger partial charge in [-0.05, 0) is 49.2 Å². The van der Waals surface area contributed by atoms with Crippen LogP contribution >= 0.6 is 23.2 Å². The molecule has 28 heavy (non-hydrogen) atoms. The summed E-state index contributed by atoms with van der Waals surface area (Å²) in [5.74, 6) is 1.50. The molecule has 7 heteroatoms. The smallest absolute Gasteiger partial charge is 0.231 e. The number of anilines is 1. The van der Waals surface area contributed by atoms with Crippen molar-refractivity contribution in [2.24, 2.45) is 12.5 Å². The summed E-state index contributed by atoms with van der Waals surface area (Å²) in [4.78, 5) is 13.0. The number of rotatable bonds is 5. The number of hydrogen-bond donors (Lipinski definition) is 1. The molecule has 1 fully saturated rings. The highest BCUT2D eigenvalue weighted by molar-refractivity contribution is 6.33. The van der Waals surface area contributed by atoms with E-state index in [2.05, 4.69) is 15.5 Å². The van der Waals surface area contributed by atoms with E-state index in [1.54, 1.807) is 12.1 Å². The zero-order chi connectivity index (χ0) is 19.7. The van der Waals surface area contributed by atoms with Crippen LogP contribution in [0.15, 0.2) is 48.5 Å². The van der Waals surface area contributed by atoms with Crippen LogP contribution in [-0.2, 0) is 18.3 Å². The summed E-state index contributed by atoms with van der Waals surface area (Å²) < 4.78 is 1.93. The van der Waals surface area contributed by atoms with Gasteiger partial charge < -0.3 is 9.88 Å². The minimum atomic E-state index is -0.460. The van der Waals surface area contributed by atoms with E-state index in [0.29, 0.717) is 22.3 Å². The summed E-state index contributed by atoms with van der Waals surface area (Å²) in [7, 11) is 1.91. The second-order valence-electron chi connectivity index (χ2n) is 7.25. The van der Waals surface area contributed by atoms with E-state index in [-0.39, 0.29) is 5.91 Å². The molecule has 1 amide bonds. The van der Waals surface area contributed by atoms with Crippen LogP contribution in [0.4, 0.5) is 5.69 Å². The van der Waals surface area contributed by atoms with Crippen molar-refractivity contribution in [2.75, 3.05) is 5.32 Å². The van der Waals surface area contributed by atoms with E-state index in [0.717, 1.165) is 36.3 Å². The molecule has 1 aromatic heterocycles. The lowest BCUT2D eigenvalue weighted by atomic mass is 9.65. The fourth-order valence-electron chi connectivity index (χ4n) is 3.58. The molecule has 4 rings (SSSR count). The lowest BCUT2D eigenvalue weighted by molar-refractivity contribution is -0.130. The fraction of sp³-hybridized carbons (Fsp3) is 0.286. The first-order valence-corrected chi connectivity index (χ1v) is 9.94. The topological polar surface area (TPSA) is 59.8 Å². The Bertz CT molecular complexity index is 1010. The number of halogens is 2. The van der Waals surface area contributed by atoms with Crippen molar-refractivity contribution in [2.45, 2.75) is 25.7 Å². The van der Waals surface area contributed by atoms with Crippen LogP contribution in [0.1, 0.15) is 25.1 Å². The van der Waals surface area contributed by atoms with Crippen molar-refractivity contribution in [1.82, 2.24) is 14.8 Å². The van der Waals surface area contributed by atoms with E-state index >= 15 is 0 Å². The van der Waals surface area contributed by atoms with Crippen LogP contribution < -0.4 is 5.32 Å². The Morgan fingerprint density at radius 1 is 1.11 bits per heavy atom. The van der Waals surface area contributed by atoms with Gasteiger partial charge in [-0.15, -0.1) is 10.2 Å². The van der Waals surface area contributed by atoms with Crippen LogP contribution in [0, 0.1) is 5.41 Å². The molecule has 3 aromatic rings. The van der Waals surface area contributed by atoms with Gasteiger partial charge in [-0.3, -0.25) is 4.79 Å². The average Bonchev–Trinajstić information content (AvgIpc) is 3.00. The number of carbonyl (C=O) groups excluding carboxylic acids is 1. The van der Waals surface area contributed by atoms with Crippen LogP contribution in [0.5, 0.6) is 0 Å². The maximum absolute atomic E-state index is 13.0. The van der Waals surface area contributed by atoms with E-state index in [9.17, 15) is 4.79 Å². The summed E-state index contributed by atoms with van der Waals surface area (Å²) in [5.41, 5.74) is 1.12. The third-order valence-electron chi connectivity index (χ3n) is 5.47. The molecular formula is C21H20Cl2N4O. The third kappa shape index (κ3) is 3.52. The molecular weight excluding hydrogens is 395 g/mol. The number of benzene rings is 2. The predicted molar refractivity (Wildman–Crippen MR) is 112 cm³/mol. The van der Waals surface area contributed by atoms with E-state index in [4.69, 9.17) is 23.2 Å². The highest BCUT2D eigenvalue weighted by Gasteiger charge is 2.45. The number of aromatic nitrogens is 3. The molecule has 0 bridgehead atoms. The number of hydrogen-bond acceptors (Lipinski definition) is 3. The minimum absolute atomic E-state index is 0.0170. The van der Waals surface area contributed by atoms with Gasteiger partial charge in [0, 0.05) is 29.7 Å². The Labute approximate surface area is 173 Å². The highest BCUT2D eigenvalue weighted by Crippen LogP contribution is 2.44. The lowest BCUT2D eigenvalue weighted by Gasteiger charge is -2.39. The number of nitrogens with one attached hydrogen (secondary N) is 1. The average molecular weight is 415 g/mol. The molecule has 0 spiro atoms. The van der Waals surface area contributed by atoms with Gasteiger partial charge in [0.15, 0.2) is 5.82 Å². The molecule has 0 aliphatic heterocycles. The first kappa shape index (κ1) is 19.0. The first-order valence-electron chi connectivity index (χ1n) is 9.19. The Morgan fingerprint density at radius 2 is 1.82 bits per heavy atom. The largest absolute Gasteiger partial charge is 0.326 e. The van der Waals surface area contributed by atoms with Crippen LogP contribution in [0.3, 0.4) is 0 Å². The zero-order valence-corrected chi connectivity index (χ0v) is 17.0. The molecule has 1 aliphatic carbocycles. The monoisotopic (exact) mass is 414 g/mol. The van der Waals surface area contributed by atoms with Crippen LogP contribution in [0.25, 0.3) is 11.4 Å². The van der Waals surface area contributed by atoms with Gasteiger partial charge in [0.1, 0.15) is 5.82 Å². The first-order chi connectivity index (χ1) is 13.5. The second-order valence-corrected chi connectivity index (χ2v) is 8.09. The van der Waals surface area contributed by atoms with Gasteiger partial charge in [-0.25, -0.2) is 0 Å². The number of nitrogens with zero attached hydrogens (tertiary/aromatic N) is 3. The van der Waals surface area contributed by atoms with Gasteiger partial charge in [-0.2, -0.15) is 0 Å². The van der Waals surface area contributed by atoms with Crippen LogP contribution in [0.2, 0.25) is 10.0 Å². The van der Waals surface area contributed by atoms with Gasteiger partial charge in [-0.1, -0.05) is 41.8 Å². The Hall–Kier alpha value is -2.37. The van der Waals surface area contributed by atoms with Crippen molar-refractivity contribution in [3.63, 3.8) is 0 Å². The molecule has 144 valence electrons. The van der Waals surface area contributed by atoms with E-state index in [1.807, 2.05) is 48.0 Å². The summed E-state index contributed by atoms with van der Waals surface area (Å²) in [6.07, 6.45) is 3.24. The molecule has 5 nitrogen and oxygen atoms in total. The highest BCUT2D eigenvalue weighted by atomic mass is 35.5. The normalized spacial score (nSPS) is 15.1. The standard InChI is InChI=1S/C21H20Cl2N4O/c1-27-18(25-26-19(27)16-5-2-3-6-17(16)23)13-21(11-4-12-21)20(28)24-15-9-7-14(22)8-10-15/h2-3,5-10H,4,11-13H2,1H3,(H,24,28). The second kappa shape index (κ2) is 7.57. The summed E-state index contributed by atoms with van der Waals surface area (Å²) in [6.45, 7) is 0. The van der Waals surface area contributed by atoms with Crippen LogP contribution in [-0.4, -0.2) is 20.7 Å². The van der Waals surface area contributed by atoms with Crippen molar-refractivity contribution in [3.8, 4) is 11.4 Å². The van der Waals surface area contributed by atoms with Gasteiger partial charge in [0.05, 0.1) is 10.4 Å². The third-order valence-corrected chi connectivity index (χ3v) is 6.05. The summed E-state index contributed by atoms with van der Waals surface area (Å²) >= 11 is 12.2. The Morgan fingerprint density at radius 3 is 2.46 bits per heavy atom. The van der Waals surface area contributed by atoms with Crippen molar-refractivity contribution in [1.29, 1.82) is 0 Å².